The number of hydrogen-bond acceptors (Lipinski definition) is 2. The summed E-state index contributed by atoms with van der Waals surface area (Å²) in [5, 5.41) is 0. The lowest BCUT2D eigenvalue weighted by Gasteiger charge is -2.17. The SMILES string of the molecule is Cc1cc(-c2ccc(=O)n(C)c2)cc(C)c1-c1ccc(F)c2c1CC[C@H]2N. The van der Waals surface area contributed by atoms with Gasteiger partial charge in [0, 0.05) is 30.9 Å². The Morgan fingerprint density at radius 1 is 1.07 bits per heavy atom. The van der Waals surface area contributed by atoms with Gasteiger partial charge in [0.2, 0.25) is 5.56 Å². The van der Waals surface area contributed by atoms with Crippen molar-refractivity contribution in [2.24, 2.45) is 12.8 Å². The summed E-state index contributed by atoms with van der Waals surface area (Å²) in [6.45, 7) is 4.16. The van der Waals surface area contributed by atoms with Crippen LogP contribution in [0.4, 0.5) is 4.39 Å². The summed E-state index contributed by atoms with van der Waals surface area (Å²) in [6, 6.07) is 10.9. The molecule has 0 saturated carbocycles. The fourth-order valence-electron chi connectivity index (χ4n) is 4.30. The zero-order valence-electron chi connectivity index (χ0n) is 15.8. The monoisotopic (exact) mass is 362 g/mol. The average Bonchev–Trinajstić information content (AvgIpc) is 3.01. The number of rotatable bonds is 2. The van der Waals surface area contributed by atoms with E-state index in [4.69, 9.17) is 5.73 Å². The first-order chi connectivity index (χ1) is 12.9. The second-order valence-electron chi connectivity index (χ2n) is 7.48. The zero-order valence-corrected chi connectivity index (χ0v) is 15.8. The van der Waals surface area contributed by atoms with Crippen molar-refractivity contribution in [3.8, 4) is 22.3 Å². The van der Waals surface area contributed by atoms with E-state index in [2.05, 4.69) is 26.0 Å². The van der Waals surface area contributed by atoms with Crippen molar-refractivity contribution in [3.63, 3.8) is 0 Å². The Hall–Kier alpha value is -2.72. The lowest BCUT2D eigenvalue weighted by Crippen LogP contribution is -2.13. The molecule has 1 aromatic heterocycles. The highest BCUT2D eigenvalue weighted by atomic mass is 19.1. The molecule has 1 atom stereocenters. The maximum Gasteiger partial charge on any atom is 0.250 e. The largest absolute Gasteiger partial charge is 0.324 e. The molecule has 3 aromatic rings. The molecule has 0 amide bonds. The minimum atomic E-state index is -0.217. The van der Waals surface area contributed by atoms with E-state index >= 15 is 0 Å². The third-order valence-electron chi connectivity index (χ3n) is 5.60. The fourth-order valence-corrected chi connectivity index (χ4v) is 4.30. The highest BCUT2D eigenvalue weighted by molar-refractivity contribution is 5.79. The van der Waals surface area contributed by atoms with Crippen molar-refractivity contribution in [2.75, 3.05) is 0 Å². The lowest BCUT2D eigenvalue weighted by molar-refractivity contribution is 0.589. The van der Waals surface area contributed by atoms with Gasteiger partial charge < -0.3 is 10.3 Å². The third-order valence-corrected chi connectivity index (χ3v) is 5.60. The van der Waals surface area contributed by atoms with Gasteiger partial charge in [0.05, 0.1) is 0 Å². The van der Waals surface area contributed by atoms with Crippen LogP contribution in [0.15, 0.2) is 47.4 Å². The molecule has 27 heavy (non-hydrogen) atoms. The molecule has 4 heteroatoms. The van der Waals surface area contributed by atoms with Crippen LogP contribution in [-0.2, 0) is 13.5 Å². The van der Waals surface area contributed by atoms with Gasteiger partial charge in [-0.1, -0.05) is 18.2 Å². The van der Waals surface area contributed by atoms with Crippen LogP contribution in [0.5, 0.6) is 0 Å². The summed E-state index contributed by atoms with van der Waals surface area (Å²) in [4.78, 5) is 11.7. The number of fused-ring (bicyclic) bond motifs is 1. The molecule has 2 N–H and O–H groups in total. The van der Waals surface area contributed by atoms with Crippen LogP contribution >= 0.6 is 0 Å². The second kappa shape index (κ2) is 6.46. The molecule has 1 aliphatic rings. The van der Waals surface area contributed by atoms with Crippen LogP contribution in [-0.4, -0.2) is 4.57 Å². The molecule has 0 saturated heterocycles. The van der Waals surface area contributed by atoms with Gasteiger partial charge in [-0.2, -0.15) is 0 Å². The topological polar surface area (TPSA) is 48.0 Å². The number of nitrogens with two attached hydrogens (primary N) is 1. The first kappa shape index (κ1) is 17.7. The number of benzene rings is 2. The number of nitrogens with zero attached hydrogens (tertiary/aromatic N) is 1. The molecule has 0 spiro atoms. The van der Waals surface area contributed by atoms with Gasteiger partial charge in [0.1, 0.15) is 5.82 Å². The summed E-state index contributed by atoms with van der Waals surface area (Å²) in [6.07, 6.45) is 3.45. The van der Waals surface area contributed by atoms with Gasteiger partial charge in [-0.25, -0.2) is 4.39 Å². The van der Waals surface area contributed by atoms with Crippen LogP contribution < -0.4 is 11.3 Å². The van der Waals surface area contributed by atoms with Gasteiger partial charge in [0.15, 0.2) is 0 Å². The predicted octanol–water partition coefficient (Wildman–Crippen LogP) is 4.42. The standard InChI is InChI=1S/C23H23FN2O/c1-13-10-16(15-4-9-21(27)26(3)12-15)11-14(2)22(13)17-5-7-19(24)23-18(17)6-8-20(23)25/h4-5,7,9-12,20H,6,8,25H2,1-3H3/t20-/m1/s1. The van der Waals surface area contributed by atoms with Crippen LogP contribution in [0.2, 0.25) is 0 Å². The summed E-state index contributed by atoms with van der Waals surface area (Å²) >= 11 is 0. The van der Waals surface area contributed by atoms with Crippen molar-refractivity contribution in [1.29, 1.82) is 0 Å². The maximum absolute atomic E-state index is 14.3. The molecule has 0 unspecified atom stereocenters. The first-order valence-electron chi connectivity index (χ1n) is 9.22. The van der Waals surface area contributed by atoms with E-state index in [1.54, 1.807) is 23.7 Å². The van der Waals surface area contributed by atoms with Crippen LogP contribution in [0.1, 0.15) is 34.7 Å². The Kier molecular flexibility index (Phi) is 4.23. The number of pyridine rings is 1. The zero-order chi connectivity index (χ0) is 19.3. The Bertz CT molecular complexity index is 1090. The van der Waals surface area contributed by atoms with Crippen molar-refractivity contribution >= 4 is 0 Å². The summed E-state index contributed by atoms with van der Waals surface area (Å²) in [7, 11) is 1.75. The van der Waals surface area contributed by atoms with E-state index in [1.165, 1.54) is 0 Å². The van der Waals surface area contributed by atoms with E-state index in [9.17, 15) is 9.18 Å². The maximum atomic E-state index is 14.3. The third kappa shape index (κ3) is 2.90. The van der Waals surface area contributed by atoms with E-state index in [0.717, 1.165) is 51.8 Å². The van der Waals surface area contributed by atoms with E-state index in [1.807, 2.05) is 18.3 Å². The van der Waals surface area contributed by atoms with Gasteiger partial charge in [-0.3, -0.25) is 4.79 Å². The van der Waals surface area contributed by atoms with Crippen molar-refractivity contribution in [2.45, 2.75) is 32.7 Å². The molecule has 138 valence electrons. The van der Waals surface area contributed by atoms with Gasteiger partial charge in [-0.15, -0.1) is 0 Å². The van der Waals surface area contributed by atoms with Crippen molar-refractivity contribution < 1.29 is 4.39 Å². The number of aryl methyl sites for hydroxylation is 3. The molecule has 0 aliphatic heterocycles. The first-order valence-corrected chi connectivity index (χ1v) is 9.22. The van der Waals surface area contributed by atoms with Crippen molar-refractivity contribution in [1.82, 2.24) is 4.57 Å². The molecular formula is C23H23FN2O. The fraction of sp³-hybridized carbons (Fsp3) is 0.261. The lowest BCUT2D eigenvalue weighted by atomic mass is 9.88. The molecule has 1 heterocycles. The van der Waals surface area contributed by atoms with Crippen LogP contribution in [0.3, 0.4) is 0 Å². The normalized spacial score (nSPS) is 15.8. The number of halogens is 1. The number of aromatic nitrogens is 1. The summed E-state index contributed by atoms with van der Waals surface area (Å²) < 4.78 is 15.9. The Labute approximate surface area is 158 Å². The number of hydrogen-bond donors (Lipinski definition) is 1. The quantitative estimate of drug-likeness (QED) is 0.733. The van der Waals surface area contributed by atoms with Gasteiger partial charge >= 0.3 is 0 Å². The van der Waals surface area contributed by atoms with E-state index in [0.29, 0.717) is 5.56 Å². The van der Waals surface area contributed by atoms with E-state index in [-0.39, 0.29) is 17.4 Å². The summed E-state index contributed by atoms with van der Waals surface area (Å²) in [5.41, 5.74) is 14.4. The van der Waals surface area contributed by atoms with E-state index < -0.39 is 0 Å². The molecule has 4 rings (SSSR count). The Morgan fingerprint density at radius 3 is 2.44 bits per heavy atom. The van der Waals surface area contributed by atoms with Gasteiger partial charge in [-0.05, 0) is 77.8 Å². The highest BCUT2D eigenvalue weighted by Crippen LogP contribution is 2.41. The molecule has 3 nitrogen and oxygen atoms in total. The summed E-state index contributed by atoms with van der Waals surface area (Å²) in [5.74, 6) is -0.198. The average molecular weight is 362 g/mol. The molecular weight excluding hydrogens is 339 g/mol. The molecule has 2 aromatic carbocycles. The second-order valence-corrected chi connectivity index (χ2v) is 7.48. The minimum Gasteiger partial charge on any atom is -0.324 e. The molecule has 0 radical (unpaired) electrons. The molecule has 0 bridgehead atoms. The minimum absolute atomic E-state index is 0.0259. The Balaban J connectivity index is 1.87. The predicted molar refractivity (Wildman–Crippen MR) is 107 cm³/mol. The highest BCUT2D eigenvalue weighted by Gasteiger charge is 2.26. The molecule has 0 fully saturated rings. The van der Waals surface area contributed by atoms with Crippen LogP contribution in [0, 0.1) is 19.7 Å². The Morgan fingerprint density at radius 2 is 1.78 bits per heavy atom. The molecule has 1 aliphatic carbocycles. The van der Waals surface area contributed by atoms with Crippen molar-refractivity contribution in [3.05, 3.63) is 81.0 Å². The van der Waals surface area contributed by atoms with Gasteiger partial charge in [0.25, 0.3) is 0 Å². The smallest absolute Gasteiger partial charge is 0.250 e. The van der Waals surface area contributed by atoms with Crippen LogP contribution in [0.25, 0.3) is 22.3 Å².